The Kier molecular flexibility index (Phi) is 21.4. The summed E-state index contributed by atoms with van der Waals surface area (Å²) in [5, 5.41) is 11.7. The normalized spacial score (nSPS) is 17.6. The minimum Gasteiger partial charge on any atom is -0.497 e. The van der Waals surface area contributed by atoms with E-state index >= 15 is 0 Å². The Labute approximate surface area is 739 Å². The Morgan fingerprint density at radius 2 is 1.07 bits per heavy atom. The second-order valence-electron chi connectivity index (χ2n) is 33.8. The number of carbonyl (C=O) groups is 4. The van der Waals surface area contributed by atoms with Crippen molar-refractivity contribution < 1.29 is 66.2 Å². The van der Waals surface area contributed by atoms with Gasteiger partial charge in [0.25, 0.3) is 23.6 Å². The molecule has 15 heterocycles. The lowest BCUT2D eigenvalue weighted by atomic mass is 9.81. The zero-order chi connectivity index (χ0) is 86.9. The summed E-state index contributed by atoms with van der Waals surface area (Å²) >= 11 is 6.22. The van der Waals surface area contributed by atoms with Gasteiger partial charge in [0, 0.05) is 204 Å². The van der Waals surface area contributed by atoms with Crippen LogP contribution in [0.15, 0.2) is 242 Å². The molecule has 0 bridgehead atoms. The second kappa shape index (κ2) is 33.3. The number of furan rings is 1. The molecule has 0 N–H and O–H groups in total. The maximum atomic E-state index is 13.4. The van der Waals surface area contributed by atoms with Crippen molar-refractivity contribution in [3.05, 3.63) is 293 Å². The third kappa shape index (κ3) is 14.9. The molecule has 4 amide bonds. The van der Waals surface area contributed by atoms with Crippen molar-refractivity contribution >= 4 is 57.1 Å². The minimum absolute atomic E-state index is 0.00417. The van der Waals surface area contributed by atoms with E-state index in [1.807, 2.05) is 214 Å². The zero-order valence-corrected chi connectivity index (χ0v) is 72.3. The molecule has 0 aliphatic carbocycles. The average Bonchev–Trinajstić information content (AvgIpc) is 1.67. The summed E-state index contributed by atoms with van der Waals surface area (Å²) in [6.07, 6.45) is 16.5. The van der Waals surface area contributed by atoms with Crippen LogP contribution in [0.4, 0.5) is 0 Å². The van der Waals surface area contributed by atoms with Crippen LogP contribution in [0.5, 0.6) is 46.0 Å². The second-order valence-corrected chi connectivity index (χ2v) is 34.2. The van der Waals surface area contributed by atoms with Crippen LogP contribution in [-0.4, -0.2) is 170 Å². The van der Waals surface area contributed by atoms with Crippen molar-refractivity contribution in [2.45, 2.75) is 93.2 Å². The summed E-state index contributed by atoms with van der Waals surface area (Å²) in [5.41, 5.74) is 13.3. The number of pyridine rings is 1. The lowest BCUT2D eigenvalue weighted by Gasteiger charge is -2.45. The van der Waals surface area contributed by atoms with Gasteiger partial charge in [0.1, 0.15) is 63.1 Å². The molecule has 8 aromatic carbocycles. The number of benzene rings is 8. The molecule has 0 radical (unpaired) electrons. The van der Waals surface area contributed by atoms with Crippen molar-refractivity contribution in [3.8, 4) is 79.9 Å². The molecule has 14 aromatic rings. The summed E-state index contributed by atoms with van der Waals surface area (Å²) < 4.78 is 67.8. The van der Waals surface area contributed by atoms with Crippen molar-refractivity contribution in [2.75, 3.05) is 86.9 Å². The molecule has 4 spiro atoms. The fourth-order valence-corrected chi connectivity index (χ4v) is 19.9. The van der Waals surface area contributed by atoms with Crippen LogP contribution >= 0.6 is 11.6 Å². The van der Waals surface area contributed by atoms with Gasteiger partial charge in [-0.3, -0.25) is 33.5 Å². The quantitative estimate of drug-likeness (QED) is 0.131. The highest BCUT2D eigenvalue weighted by molar-refractivity contribution is 6.30. The number of hydrogen-bond acceptors (Lipinski definition) is 17. The molecule has 25 nitrogen and oxygen atoms in total. The molecule has 23 rings (SSSR count). The molecule has 5 saturated heterocycles. The molecule has 0 unspecified atom stereocenters. The standard InChI is InChI=1S/C27H28N2O5.C25H22N4O2.C25H23N3O4.C24H23ClN2O3/c1-31-24-17-19(8-9-23(24)33-20-10-16-32-18-20)26(30)28-14-11-27(12-15-28)25-7-4-13-29(25)21-5-2-3-6-22(21)34-27;1-28-16-20-23(27-28)18-8-2-3-10-21(18)31-25(20)11-14-29(15-12-25)24(30)19-9-4-6-17-7-5-13-26-22(17)19;1-27-23-18-5-3-4-6-21(18)32-25(19(23)15-26-27)9-11-28(12-10-25)24(29)22-14-16-13-17(30-2)7-8-20(16)31-22;1-16-14-18(29-2)6-7-19(16)23(28)26-12-9-24(10-13-26)22-4-3-11-27(22)20-8-5-17(25)15-21(20)30-24/h2-9,13,17,20H,10-12,14-16,18H2,1H3;2-10,13,16H,11-12,14-15H2,1H3;3-8,13-15H,9-12H2,1-2H3;3-8,11,14-15H,9-10,12-13H2,1-2H3/t20-;;;/m1.../s1. The predicted molar refractivity (Wildman–Crippen MR) is 479 cm³/mol. The van der Waals surface area contributed by atoms with E-state index in [9.17, 15) is 19.2 Å². The van der Waals surface area contributed by atoms with E-state index in [-0.39, 0.29) is 29.7 Å². The van der Waals surface area contributed by atoms with Gasteiger partial charge in [0.05, 0.1) is 80.3 Å². The highest BCUT2D eigenvalue weighted by atomic mass is 35.5. The van der Waals surface area contributed by atoms with Gasteiger partial charge in [-0.2, -0.15) is 10.2 Å². The molecule has 0 saturated carbocycles. The van der Waals surface area contributed by atoms with Crippen molar-refractivity contribution in [1.29, 1.82) is 0 Å². The maximum absolute atomic E-state index is 13.4. The number of ether oxygens (including phenoxy) is 9. The molecular weight excluding hydrogens is 1630 g/mol. The molecule has 127 heavy (non-hydrogen) atoms. The van der Waals surface area contributed by atoms with Gasteiger partial charge in [-0.25, -0.2) is 0 Å². The Morgan fingerprint density at radius 1 is 0.488 bits per heavy atom. The molecular formula is C101H96ClN11O14. The van der Waals surface area contributed by atoms with Crippen molar-refractivity contribution in [2.24, 2.45) is 14.1 Å². The lowest BCUT2D eigenvalue weighted by molar-refractivity contribution is -0.00978. The van der Waals surface area contributed by atoms with E-state index in [0.29, 0.717) is 117 Å². The molecule has 1 atom stereocenters. The number of amides is 4. The fourth-order valence-electron chi connectivity index (χ4n) is 19.7. The van der Waals surface area contributed by atoms with E-state index in [2.05, 4.69) is 74.2 Å². The molecule has 9 aliphatic rings. The number of para-hydroxylation sites is 5. The number of aromatic nitrogens is 7. The smallest absolute Gasteiger partial charge is 0.289 e. The summed E-state index contributed by atoms with van der Waals surface area (Å²) in [4.78, 5) is 65.1. The number of methoxy groups -OCH3 is 3. The van der Waals surface area contributed by atoms with E-state index in [1.54, 1.807) is 39.7 Å². The van der Waals surface area contributed by atoms with Crippen LogP contribution in [0.2, 0.25) is 5.02 Å². The van der Waals surface area contributed by atoms with Gasteiger partial charge in [-0.05, 0) is 158 Å². The van der Waals surface area contributed by atoms with Crippen LogP contribution in [0.3, 0.4) is 0 Å². The van der Waals surface area contributed by atoms with Crippen LogP contribution in [-0.2, 0) is 41.2 Å². The average molecular weight is 1720 g/mol. The Morgan fingerprint density at radius 3 is 1.74 bits per heavy atom. The number of hydrogen-bond donors (Lipinski definition) is 0. The minimum atomic E-state index is -0.476. The van der Waals surface area contributed by atoms with E-state index in [4.69, 9.17) is 63.7 Å². The van der Waals surface area contributed by atoms with Crippen LogP contribution in [0.25, 0.3) is 55.8 Å². The number of aryl methyl sites for hydroxylation is 3. The fraction of sp³-hybridized carbons (Fsp3) is 0.297. The number of rotatable bonds is 9. The van der Waals surface area contributed by atoms with E-state index in [0.717, 1.165) is 163 Å². The third-order valence-electron chi connectivity index (χ3n) is 26.5. The first-order valence-electron chi connectivity index (χ1n) is 43.3. The van der Waals surface area contributed by atoms with Gasteiger partial charge < -0.3 is 75.8 Å². The molecule has 5 fully saturated rings. The monoisotopic (exact) mass is 1720 g/mol. The number of halogens is 1. The largest absolute Gasteiger partial charge is 0.497 e. The van der Waals surface area contributed by atoms with Gasteiger partial charge in [0.15, 0.2) is 28.5 Å². The van der Waals surface area contributed by atoms with E-state index < -0.39 is 22.4 Å². The number of nitrogens with zero attached hydrogens (tertiary/aromatic N) is 11. The molecule has 9 aliphatic heterocycles. The predicted octanol–water partition coefficient (Wildman–Crippen LogP) is 17.7. The topological polar surface area (TPSA) is 236 Å². The number of fused-ring (bicyclic) bond motifs is 18. The summed E-state index contributed by atoms with van der Waals surface area (Å²) in [5.74, 6) is 6.45. The first-order chi connectivity index (χ1) is 61.9. The summed E-state index contributed by atoms with van der Waals surface area (Å²) in [6.45, 7) is 8.13. The zero-order valence-electron chi connectivity index (χ0n) is 71.5. The first-order valence-corrected chi connectivity index (χ1v) is 43.7. The molecule has 646 valence electrons. The number of piperidine rings is 4. The number of likely N-dealkylation sites (tertiary alicyclic amines) is 4. The first kappa shape index (κ1) is 81.6. The van der Waals surface area contributed by atoms with Crippen molar-refractivity contribution in [1.82, 2.24) is 53.3 Å². The lowest BCUT2D eigenvalue weighted by Crippen LogP contribution is -2.50. The summed E-state index contributed by atoms with van der Waals surface area (Å²) in [6, 6.07) is 66.3. The van der Waals surface area contributed by atoms with Crippen LogP contribution in [0, 0.1) is 6.92 Å². The van der Waals surface area contributed by atoms with Crippen molar-refractivity contribution in [3.63, 3.8) is 0 Å². The molecule has 6 aromatic heterocycles. The number of carbonyl (C=O) groups excluding carboxylic acids is 4. The SMILES string of the molecule is COc1cc(C(=O)N2CCC3(CC2)Oc2ccccc2-n2cccc23)ccc1O[C@@H]1CCOC1.COc1ccc(C(=O)N2CCC3(CC2)Oc2cc(Cl)ccc2-n2cccc23)c(C)c1.COc1ccc2oc(C(=O)N3CCC4(CC3)Oc3ccccc3-c3c4cnn3C)cc2c1.Cn1cc2c(n1)-c1ccccc1OC21CCN(C(=O)c2cccc3cccnc23)CC1. The summed E-state index contributed by atoms with van der Waals surface area (Å²) in [7, 11) is 8.76. The van der Waals surface area contributed by atoms with Gasteiger partial charge in [-0.15, -0.1) is 0 Å². The van der Waals surface area contributed by atoms with Crippen LogP contribution < -0.4 is 37.9 Å². The van der Waals surface area contributed by atoms with Gasteiger partial charge in [-0.1, -0.05) is 66.2 Å². The van der Waals surface area contributed by atoms with Crippen LogP contribution in [0.1, 0.15) is 127 Å². The highest BCUT2D eigenvalue weighted by Crippen LogP contribution is 2.53. The Hall–Kier alpha value is -13.8. The third-order valence-corrected chi connectivity index (χ3v) is 26.7. The Bertz CT molecular complexity index is 6560. The van der Waals surface area contributed by atoms with E-state index in [1.165, 1.54) is 0 Å². The Balaban J connectivity index is 0.000000107. The maximum Gasteiger partial charge on any atom is 0.289 e. The van der Waals surface area contributed by atoms with Gasteiger partial charge >= 0.3 is 0 Å². The molecule has 26 heteroatoms. The highest BCUT2D eigenvalue weighted by Gasteiger charge is 2.51. The van der Waals surface area contributed by atoms with Gasteiger partial charge in [0.2, 0.25) is 0 Å².